The van der Waals surface area contributed by atoms with E-state index in [0.29, 0.717) is 26.2 Å². The van der Waals surface area contributed by atoms with Crippen LogP contribution in [-0.4, -0.2) is 79.5 Å². The molecule has 1 aromatic rings. The van der Waals surface area contributed by atoms with Crippen LogP contribution in [-0.2, 0) is 25.4 Å². The van der Waals surface area contributed by atoms with Crippen molar-refractivity contribution in [1.29, 1.82) is 0 Å². The van der Waals surface area contributed by atoms with Crippen LogP contribution in [0.5, 0.6) is 0 Å². The molecule has 0 aliphatic rings. The van der Waals surface area contributed by atoms with Gasteiger partial charge in [0.15, 0.2) is 0 Å². The molecule has 8 nitrogen and oxygen atoms in total. The molecule has 0 aliphatic heterocycles. The molecule has 0 aromatic carbocycles. The van der Waals surface area contributed by atoms with Crippen molar-refractivity contribution in [3.63, 3.8) is 0 Å². The summed E-state index contributed by atoms with van der Waals surface area (Å²) >= 11 is 0. The van der Waals surface area contributed by atoms with Crippen molar-refractivity contribution in [3.05, 3.63) is 18.2 Å². The summed E-state index contributed by atoms with van der Waals surface area (Å²) in [5.74, 6) is -0.424. The van der Waals surface area contributed by atoms with Gasteiger partial charge in [0.05, 0.1) is 26.1 Å². The van der Waals surface area contributed by atoms with Crippen LogP contribution in [0.15, 0.2) is 12.5 Å². The van der Waals surface area contributed by atoms with E-state index in [0.717, 1.165) is 25.3 Å². The normalized spacial score (nSPS) is 12.2. The Morgan fingerprint density at radius 3 is 1.36 bits per heavy atom. The van der Waals surface area contributed by atoms with Crippen LogP contribution >= 0.6 is 0 Å². The number of aromatic nitrogens is 2. The predicted molar refractivity (Wildman–Crippen MR) is 225 cm³/mol. The minimum atomic E-state index is -0.706. The van der Waals surface area contributed by atoms with Crippen LogP contribution in [0.3, 0.4) is 0 Å². The lowest BCUT2D eigenvalue weighted by molar-refractivity contribution is -0.146. The third-order valence-corrected chi connectivity index (χ3v) is 10.6. The molecule has 0 saturated heterocycles. The highest BCUT2D eigenvalue weighted by Crippen LogP contribution is 2.15. The zero-order valence-electron chi connectivity index (χ0n) is 35.2. The molecule has 0 fully saturated rings. The summed E-state index contributed by atoms with van der Waals surface area (Å²) in [5, 5.41) is 0. The average Bonchev–Trinajstić information content (AvgIpc) is 3.68. The summed E-state index contributed by atoms with van der Waals surface area (Å²) < 4.78 is 16.7. The number of rotatable bonds is 43. The van der Waals surface area contributed by atoms with Gasteiger partial charge in [-0.15, -0.1) is 0 Å². The minimum absolute atomic E-state index is 0.197. The first kappa shape index (κ1) is 49.5. The minimum Gasteiger partial charge on any atom is -0.462 e. The first-order valence-corrected chi connectivity index (χ1v) is 22.9. The van der Waals surface area contributed by atoms with Crippen molar-refractivity contribution < 1.29 is 19.0 Å². The van der Waals surface area contributed by atoms with E-state index >= 15 is 0 Å². The van der Waals surface area contributed by atoms with Gasteiger partial charge in [0.1, 0.15) is 12.6 Å². The molecule has 8 heteroatoms. The molecule has 1 heterocycles. The SMILES string of the molecule is CCCCCCCCCCCCCCCCN(CCCCCCCCCCCCCCCC)CCCOCCOCCOC(=O)C(N)Cc1cnc[nH]1. The second-order valence-corrected chi connectivity index (χ2v) is 15.7. The summed E-state index contributed by atoms with van der Waals surface area (Å²) in [4.78, 5) is 21.6. The number of unbranched alkanes of at least 4 members (excludes halogenated alkanes) is 26. The fourth-order valence-corrected chi connectivity index (χ4v) is 7.13. The molecule has 3 N–H and O–H groups in total. The maximum atomic E-state index is 12.1. The quantitative estimate of drug-likeness (QED) is 0.0506. The molecule has 53 heavy (non-hydrogen) atoms. The van der Waals surface area contributed by atoms with Crippen LogP contribution < -0.4 is 5.73 Å². The lowest BCUT2D eigenvalue weighted by Gasteiger charge is -2.22. The number of hydrogen-bond donors (Lipinski definition) is 2. The average molecular weight is 749 g/mol. The summed E-state index contributed by atoms with van der Waals surface area (Å²) in [5.41, 5.74) is 6.73. The van der Waals surface area contributed by atoms with E-state index in [1.165, 1.54) is 193 Å². The van der Waals surface area contributed by atoms with Gasteiger partial charge in [-0.05, 0) is 32.4 Å². The number of ether oxygens (including phenoxy) is 3. The Morgan fingerprint density at radius 1 is 0.566 bits per heavy atom. The zero-order chi connectivity index (χ0) is 38.1. The Kier molecular flexibility index (Phi) is 37.6. The second kappa shape index (κ2) is 40.2. The van der Waals surface area contributed by atoms with E-state index in [9.17, 15) is 4.79 Å². The van der Waals surface area contributed by atoms with Crippen molar-refractivity contribution in [1.82, 2.24) is 14.9 Å². The van der Waals surface area contributed by atoms with Crippen molar-refractivity contribution in [2.24, 2.45) is 5.73 Å². The number of carbonyl (C=O) groups is 1. The smallest absolute Gasteiger partial charge is 0.323 e. The van der Waals surface area contributed by atoms with Gasteiger partial charge in [-0.3, -0.25) is 4.79 Å². The van der Waals surface area contributed by atoms with Crippen molar-refractivity contribution in [2.75, 3.05) is 52.7 Å². The third-order valence-electron chi connectivity index (χ3n) is 10.6. The van der Waals surface area contributed by atoms with Gasteiger partial charge < -0.3 is 29.8 Å². The van der Waals surface area contributed by atoms with Crippen LogP contribution in [0, 0.1) is 0 Å². The van der Waals surface area contributed by atoms with Crippen molar-refractivity contribution in [3.8, 4) is 0 Å². The van der Waals surface area contributed by atoms with Crippen LogP contribution in [0.1, 0.15) is 206 Å². The van der Waals surface area contributed by atoms with E-state index in [4.69, 9.17) is 19.9 Å². The fraction of sp³-hybridized carbons (Fsp3) is 0.911. The molecule has 1 unspecified atom stereocenters. The Balaban J connectivity index is 2.12. The molecule has 0 spiro atoms. The summed E-state index contributed by atoms with van der Waals surface area (Å²) in [6, 6.07) is -0.706. The topological polar surface area (TPSA) is 103 Å². The molecule has 1 rings (SSSR count). The molecule has 1 aromatic heterocycles. The monoisotopic (exact) mass is 749 g/mol. The van der Waals surface area contributed by atoms with Gasteiger partial charge in [0, 0.05) is 31.5 Å². The molecule has 0 radical (unpaired) electrons. The van der Waals surface area contributed by atoms with Gasteiger partial charge in [0.25, 0.3) is 0 Å². The second-order valence-electron chi connectivity index (χ2n) is 15.7. The number of nitrogens with one attached hydrogen (secondary N) is 1. The van der Waals surface area contributed by atoms with Crippen LogP contribution in [0.2, 0.25) is 0 Å². The van der Waals surface area contributed by atoms with Gasteiger partial charge in [-0.25, -0.2) is 4.98 Å². The van der Waals surface area contributed by atoms with Crippen molar-refractivity contribution >= 4 is 5.97 Å². The van der Waals surface area contributed by atoms with Gasteiger partial charge in [-0.2, -0.15) is 0 Å². The maximum Gasteiger partial charge on any atom is 0.323 e. The number of hydrogen-bond acceptors (Lipinski definition) is 7. The number of H-pyrrole nitrogens is 1. The highest BCUT2D eigenvalue weighted by atomic mass is 16.6. The number of nitrogens with two attached hydrogens (primary N) is 1. The third kappa shape index (κ3) is 34.7. The van der Waals surface area contributed by atoms with Crippen molar-refractivity contribution in [2.45, 2.75) is 213 Å². The molecule has 1 atom stereocenters. The molecule has 312 valence electrons. The van der Waals surface area contributed by atoms with Crippen LogP contribution in [0.25, 0.3) is 0 Å². The molecule has 0 bridgehead atoms. The molecule has 0 saturated carbocycles. The molecule has 0 aliphatic carbocycles. The highest BCUT2D eigenvalue weighted by Gasteiger charge is 2.16. The maximum absolute atomic E-state index is 12.1. The summed E-state index contributed by atoms with van der Waals surface area (Å²) in [7, 11) is 0. The molecule has 0 amide bonds. The van der Waals surface area contributed by atoms with E-state index in [1.807, 2.05) is 0 Å². The summed E-state index contributed by atoms with van der Waals surface area (Å²) in [6.07, 6.45) is 44.2. The first-order valence-electron chi connectivity index (χ1n) is 22.9. The zero-order valence-corrected chi connectivity index (χ0v) is 35.2. The Bertz CT molecular complexity index is 824. The summed E-state index contributed by atoms with van der Waals surface area (Å²) in [6.45, 7) is 10.5. The number of nitrogens with zero attached hydrogens (tertiary/aromatic N) is 2. The van der Waals surface area contributed by atoms with E-state index in [-0.39, 0.29) is 6.61 Å². The lowest BCUT2D eigenvalue weighted by Crippen LogP contribution is -2.35. The predicted octanol–water partition coefficient (Wildman–Crippen LogP) is 11.5. The Hall–Kier alpha value is -1.48. The first-order chi connectivity index (χ1) is 26.2. The Morgan fingerprint density at radius 2 is 0.943 bits per heavy atom. The molecular formula is C45H88N4O4. The van der Waals surface area contributed by atoms with Gasteiger partial charge in [0.2, 0.25) is 0 Å². The van der Waals surface area contributed by atoms with E-state index in [1.54, 1.807) is 12.5 Å². The lowest BCUT2D eigenvalue weighted by atomic mass is 10.0. The highest BCUT2D eigenvalue weighted by molar-refractivity contribution is 5.75. The fourth-order valence-electron chi connectivity index (χ4n) is 7.13. The standard InChI is InChI=1S/C45H88N4O4/c1-3-5-7-9-11-13-15-17-19-21-23-25-27-29-32-49(33-30-28-26-24-22-20-18-16-14-12-10-8-6-4-2)34-31-35-51-36-37-52-38-39-53-45(50)44(46)40-43-41-47-42-48-43/h41-42,44H,3-40,46H2,1-2H3,(H,47,48). The van der Waals surface area contributed by atoms with Crippen LogP contribution in [0.4, 0.5) is 0 Å². The largest absolute Gasteiger partial charge is 0.462 e. The number of carbonyl (C=O) groups excluding carboxylic acids is 1. The number of imidazole rings is 1. The number of aromatic amines is 1. The van der Waals surface area contributed by atoms with Gasteiger partial charge in [-0.1, -0.05) is 181 Å². The van der Waals surface area contributed by atoms with E-state index in [2.05, 4.69) is 28.7 Å². The number of esters is 1. The molecular weight excluding hydrogens is 661 g/mol. The Labute approximate surface area is 328 Å². The van der Waals surface area contributed by atoms with E-state index < -0.39 is 12.0 Å². The van der Waals surface area contributed by atoms with Gasteiger partial charge >= 0.3 is 5.97 Å².